The summed E-state index contributed by atoms with van der Waals surface area (Å²) in [6, 6.07) is 0. The predicted molar refractivity (Wildman–Crippen MR) is 75.0 cm³/mol. The Morgan fingerprint density at radius 1 is 1.32 bits per heavy atom. The van der Waals surface area contributed by atoms with Gasteiger partial charge in [0.25, 0.3) is 0 Å². The Balaban J connectivity index is 1.62. The molecule has 2 aliphatic heterocycles. The van der Waals surface area contributed by atoms with Crippen molar-refractivity contribution in [1.82, 2.24) is 25.0 Å². The van der Waals surface area contributed by atoms with E-state index in [1.807, 2.05) is 0 Å². The number of nitrogens with zero attached hydrogens (tertiary/aromatic N) is 4. The largest absolute Gasteiger partial charge is 0.316 e. The van der Waals surface area contributed by atoms with E-state index in [-0.39, 0.29) is 0 Å². The number of fused-ring (bicyclic) bond motifs is 1. The van der Waals surface area contributed by atoms with E-state index < -0.39 is 0 Å². The molecule has 1 unspecified atom stereocenters. The Morgan fingerprint density at radius 2 is 2.21 bits per heavy atom. The van der Waals surface area contributed by atoms with Crippen molar-refractivity contribution in [3.05, 3.63) is 11.6 Å². The fourth-order valence-corrected chi connectivity index (χ4v) is 3.26. The monoisotopic (exact) mass is 263 g/mol. The first-order valence-corrected chi connectivity index (χ1v) is 7.59. The number of rotatable bonds is 3. The van der Waals surface area contributed by atoms with Crippen LogP contribution in [0, 0.1) is 5.92 Å². The van der Waals surface area contributed by atoms with Crippen molar-refractivity contribution in [3.63, 3.8) is 0 Å². The molecule has 1 aromatic heterocycles. The molecule has 0 radical (unpaired) electrons. The maximum absolute atomic E-state index is 4.38. The average molecular weight is 263 g/mol. The zero-order chi connectivity index (χ0) is 13.2. The lowest BCUT2D eigenvalue weighted by atomic mass is 9.99. The Bertz CT molecular complexity index is 419. The molecule has 5 heteroatoms. The molecule has 1 N–H and O–H groups in total. The van der Waals surface area contributed by atoms with Crippen LogP contribution >= 0.6 is 0 Å². The molecule has 3 rings (SSSR count). The average Bonchev–Trinajstić information content (AvgIpc) is 2.83. The van der Waals surface area contributed by atoms with Crippen LogP contribution in [0.1, 0.15) is 44.3 Å². The first-order chi connectivity index (χ1) is 9.24. The van der Waals surface area contributed by atoms with Gasteiger partial charge in [-0.3, -0.25) is 4.90 Å². The molecule has 106 valence electrons. The molecule has 1 saturated heterocycles. The van der Waals surface area contributed by atoms with E-state index >= 15 is 0 Å². The van der Waals surface area contributed by atoms with Crippen molar-refractivity contribution in [1.29, 1.82) is 0 Å². The summed E-state index contributed by atoms with van der Waals surface area (Å²) in [4.78, 5) is 2.55. The molecule has 19 heavy (non-hydrogen) atoms. The normalized spacial score (nSPS) is 24.7. The molecule has 0 spiro atoms. The number of nitrogens with one attached hydrogen (secondary N) is 1. The summed E-state index contributed by atoms with van der Waals surface area (Å²) in [5.41, 5.74) is 0. The van der Waals surface area contributed by atoms with E-state index in [2.05, 4.69) is 38.8 Å². The number of aromatic nitrogens is 3. The lowest BCUT2D eigenvalue weighted by Crippen LogP contribution is -2.41. The molecular weight excluding hydrogens is 238 g/mol. The summed E-state index contributed by atoms with van der Waals surface area (Å²) < 4.78 is 2.32. The van der Waals surface area contributed by atoms with Crippen LogP contribution < -0.4 is 5.32 Å². The third kappa shape index (κ3) is 2.82. The molecule has 1 aromatic rings. The second kappa shape index (κ2) is 5.59. The Kier molecular flexibility index (Phi) is 3.84. The minimum atomic E-state index is 0.468. The topological polar surface area (TPSA) is 46.0 Å². The smallest absolute Gasteiger partial charge is 0.147 e. The minimum absolute atomic E-state index is 0.468. The third-order valence-electron chi connectivity index (χ3n) is 4.29. The molecule has 2 aliphatic rings. The highest BCUT2D eigenvalue weighted by molar-refractivity contribution is 5.02. The first-order valence-electron chi connectivity index (χ1n) is 7.59. The maximum Gasteiger partial charge on any atom is 0.147 e. The molecule has 3 heterocycles. The van der Waals surface area contributed by atoms with Gasteiger partial charge >= 0.3 is 0 Å². The van der Waals surface area contributed by atoms with Crippen molar-refractivity contribution in [3.8, 4) is 0 Å². The van der Waals surface area contributed by atoms with E-state index in [1.54, 1.807) is 0 Å². The highest BCUT2D eigenvalue weighted by atomic mass is 15.3. The molecule has 0 aliphatic carbocycles. The molecule has 1 fully saturated rings. The van der Waals surface area contributed by atoms with Crippen LogP contribution in [0.4, 0.5) is 0 Å². The van der Waals surface area contributed by atoms with Crippen LogP contribution in [0.5, 0.6) is 0 Å². The molecular formula is C14H25N5. The van der Waals surface area contributed by atoms with Crippen molar-refractivity contribution in [2.24, 2.45) is 5.92 Å². The van der Waals surface area contributed by atoms with E-state index in [1.165, 1.54) is 32.5 Å². The summed E-state index contributed by atoms with van der Waals surface area (Å²) in [6.45, 7) is 11.1. The molecule has 0 amide bonds. The minimum Gasteiger partial charge on any atom is -0.316 e. The molecule has 1 atom stereocenters. The second-order valence-corrected chi connectivity index (χ2v) is 6.23. The predicted octanol–water partition coefficient (Wildman–Crippen LogP) is 1.22. The highest BCUT2D eigenvalue weighted by Gasteiger charge is 2.24. The number of hydrogen-bond donors (Lipinski definition) is 1. The van der Waals surface area contributed by atoms with Gasteiger partial charge in [0.15, 0.2) is 0 Å². The van der Waals surface area contributed by atoms with Crippen molar-refractivity contribution >= 4 is 0 Å². The van der Waals surface area contributed by atoms with Crippen molar-refractivity contribution < 1.29 is 0 Å². The van der Waals surface area contributed by atoms with Crippen molar-refractivity contribution in [2.75, 3.05) is 26.2 Å². The van der Waals surface area contributed by atoms with Gasteiger partial charge in [0.05, 0.1) is 6.54 Å². The standard InChI is InChI=1S/C14H25N5/c1-11(2)14-17-16-13-10-18(6-7-19(13)14)9-12-4-3-5-15-8-12/h11-12,15H,3-10H2,1-2H3. The van der Waals surface area contributed by atoms with Gasteiger partial charge in [0.2, 0.25) is 0 Å². The van der Waals surface area contributed by atoms with Crippen molar-refractivity contribution in [2.45, 2.75) is 45.7 Å². The van der Waals surface area contributed by atoms with Crippen LogP contribution in [0.3, 0.4) is 0 Å². The van der Waals surface area contributed by atoms with E-state index in [0.717, 1.165) is 37.2 Å². The van der Waals surface area contributed by atoms with Gasteiger partial charge in [0, 0.05) is 25.6 Å². The molecule has 0 bridgehead atoms. The second-order valence-electron chi connectivity index (χ2n) is 6.23. The zero-order valence-electron chi connectivity index (χ0n) is 12.1. The van der Waals surface area contributed by atoms with Gasteiger partial charge in [-0.25, -0.2) is 0 Å². The van der Waals surface area contributed by atoms with Gasteiger partial charge in [-0.1, -0.05) is 13.8 Å². The third-order valence-corrected chi connectivity index (χ3v) is 4.29. The number of piperidine rings is 1. The highest BCUT2D eigenvalue weighted by Crippen LogP contribution is 2.20. The lowest BCUT2D eigenvalue weighted by molar-refractivity contribution is 0.169. The first kappa shape index (κ1) is 13.1. The molecule has 0 saturated carbocycles. The lowest BCUT2D eigenvalue weighted by Gasteiger charge is -2.32. The maximum atomic E-state index is 4.38. The van der Waals surface area contributed by atoms with Gasteiger partial charge in [-0.05, 0) is 31.8 Å². The van der Waals surface area contributed by atoms with Crippen LogP contribution in [-0.4, -0.2) is 45.8 Å². The molecule has 0 aromatic carbocycles. The fraction of sp³-hybridized carbons (Fsp3) is 0.857. The van der Waals surface area contributed by atoms with Crippen LogP contribution in [0.15, 0.2) is 0 Å². The Morgan fingerprint density at radius 3 is 2.95 bits per heavy atom. The van der Waals surface area contributed by atoms with Crippen LogP contribution in [0.2, 0.25) is 0 Å². The van der Waals surface area contributed by atoms with Crippen LogP contribution in [0.25, 0.3) is 0 Å². The summed E-state index contributed by atoms with van der Waals surface area (Å²) in [5.74, 6) is 3.58. The molecule has 5 nitrogen and oxygen atoms in total. The van der Waals surface area contributed by atoms with Gasteiger partial charge in [-0.15, -0.1) is 10.2 Å². The zero-order valence-corrected chi connectivity index (χ0v) is 12.1. The summed E-state index contributed by atoms with van der Waals surface area (Å²) >= 11 is 0. The summed E-state index contributed by atoms with van der Waals surface area (Å²) in [5, 5.41) is 12.2. The Labute approximate surface area is 115 Å². The number of hydrogen-bond acceptors (Lipinski definition) is 4. The fourth-order valence-electron chi connectivity index (χ4n) is 3.26. The van der Waals surface area contributed by atoms with Gasteiger partial charge < -0.3 is 9.88 Å². The van der Waals surface area contributed by atoms with E-state index in [4.69, 9.17) is 0 Å². The summed E-state index contributed by atoms with van der Waals surface area (Å²) in [7, 11) is 0. The van der Waals surface area contributed by atoms with E-state index in [0.29, 0.717) is 5.92 Å². The quantitative estimate of drug-likeness (QED) is 0.890. The SMILES string of the molecule is CC(C)c1nnc2n1CCN(CC1CCCNC1)C2. The van der Waals surface area contributed by atoms with E-state index in [9.17, 15) is 0 Å². The van der Waals surface area contributed by atoms with Crippen LogP contribution in [-0.2, 0) is 13.1 Å². The Hall–Kier alpha value is -0.940. The van der Waals surface area contributed by atoms with Gasteiger partial charge in [-0.2, -0.15) is 0 Å². The van der Waals surface area contributed by atoms with Gasteiger partial charge in [0.1, 0.15) is 11.6 Å². The summed E-state index contributed by atoms with van der Waals surface area (Å²) in [6.07, 6.45) is 2.69.